The maximum Gasteiger partial charge on any atom is 0.232 e. The highest BCUT2D eigenvalue weighted by atomic mass is 79.9. The Bertz CT molecular complexity index is 370. The molecular formula is C12H16BrClN2O. The fourth-order valence-corrected chi connectivity index (χ4v) is 2.65. The topological polar surface area (TPSA) is 25.4 Å². The Morgan fingerprint density at radius 3 is 2.82 bits per heavy atom. The normalized spacial score (nSPS) is 17.1. The molecule has 0 radical (unpaired) electrons. The largest absolute Gasteiger partial charge is 0.475 e. The third-order valence-corrected chi connectivity index (χ3v) is 3.57. The Kier molecular flexibility index (Phi) is 5.07. The van der Waals surface area contributed by atoms with Crippen LogP contribution < -0.4 is 4.74 Å². The molecule has 2 heterocycles. The van der Waals surface area contributed by atoms with Gasteiger partial charge in [0.05, 0.1) is 0 Å². The fourth-order valence-electron chi connectivity index (χ4n) is 1.96. The van der Waals surface area contributed by atoms with Crippen LogP contribution in [0.4, 0.5) is 0 Å². The zero-order chi connectivity index (χ0) is 12.1. The van der Waals surface area contributed by atoms with Gasteiger partial charge in [-0.25, -0.2) is 4.98 Å². The van der Waals surface area contributed by atoms with E-state index in [1.54, 1.807) is 12.3 Å². The van der Waals surface area contributed by atoms with Crippen LogP contribution in [0.5, 0.6) is 5.88 Å². The van der Waals surface area contributed by atoms with Crippen LogP contribution >= 0.6 is 27.5 Å². The van der Waals surface area contributed by atoms with Gasteiger partial charge in [-0.2, -0.15) is 0 Å². The number of piperidine rings is 1. The molecule has 3 nitrogen and oxygen atoms in total. The lowest BCUT2D eigenvalue weighted by atomic mass is 10.1. The van der Waals surface area contributed by atoms with Gasteiger partial charge in [0, 0.05) is 17.2 Å². The van der Waals surface area contributed by atoms with E-state index in [1.807, 2.05) is 0 Å². The molecule has 0 amide bonds. The van der Waals surface area contributed by atoms with Crippen molar-refractivity contribution in [1.82, 2.24) is 9.88 Å². The quantitative estimate of drug-likeness (QED) is 0.851. The van der Waals surface area contributed by atoms with E-state index < -0.39 is 0 Å². The summed E-state index contributed by atoms with van der Waals surface area (Å²) < 4.78 is 6.46. The number of rotatable bonds is 4. The van der Waals surface area contributed by atoms with E-state index in [2.05, 4.69) is 25.8 Å². The monoisotopic (exact) mass is 318 g/mol. The first kappa shape index (κ1) is 13.1. The van der Waals surface area contributed by atoms with Crippen LogP contribution in [0.15, 0.2) is 16.7 Å². The van der Waals surface area contributed by atoms with Gasteiger partial charge in [0.15, 0.2) is 0 Å². The summed E-state index contributed by atoms with van der Waals surface area (Å²) in [5, 5.41) is 0.554. The summed E-state index contributed by atoms with van der Waals surface area (Å²) >= 11 is 9.34. The summed E-state index contributed by atoms with van der Waals surface area (Å²) in [6.45, 7) is 3.97. The second-order valence-electron chi connectivity index (χ2n) is 4.19. The van der Waals surface area contributed by atoms with Gasteiger partial charge in [0.2, 0.25) is 5.88 Å². The Balaban J connectivity index is 1.77. The molecule has 1 aromatic heterocycles. The van der Waals surface area contributed by atoms with Gasteiger partial charge < -0.3 is 4.74 Å². The number of hydrogen-bond acceptors (Lipinski definition) is 3. The lowest BCUT2D eigenvalue weighted by molar-refractivity contribution is 0.180. The number of aromatic nitrogens is 1. The number of nitrogens with zero attached hydrogens (tertiary/aromatic N) is 2. The van der Waals surface area contributed by atoms with Crippen molar-refractivity contribution in [3.05, 3.63) is 21.8 Å². The van der Waals surface area contributed by atoms with Gasteiger partial charge in [0.25, 0.3) is 0 Å². The Labute approximate surface area is 115 Å². The summed E-state index contributed by atoms with van der Waals surface area (Å²) in [7, 11) is 0. The van der Waals surface area contributed by atoms with Crippen molar-refractivity contribution >= 4 is 27.5 Å². The van der Waals surface area contributed by atoms with Crippen LogP contribution in [0.1, 0.15) is 19.3 Å². The minimum absolute atomic E-state index is 0.520. The molecule has 1 fully saturated rings. The minimum Gasteiger partial charge on any atom is -0.475 e. The number of halogens is 2. The first-order valence-corrected chi connectivity index (χ1v) is 7.09. The molecule has 1 aliphatic rings. The second kappa shape index (κ2) is 6.57. The average Bonchev–Trinajstić information content (AvgIpc) is 2.33. The van der Waals surface area contributed by atoms with Crippen molar-refractivity contribution in [2.24, 2.45) is 0 Å². The standard InChI is InChI=1S/C12H16BrClN2O/c13-10-8-11(14)12(15-9-10)17-7-6-16-4-2-1-3-5-16/h8-9H,1-7H2. The zero-order valence-electron chi connectivity index (χ0n) is 9.66. The molecule has 0 N–H and O–H groups in total. The summed E-state index contributed by atoms with van der Waals surface area (Å²) in [5.74, 6) is 0.520. The van der Waals surface area contributed by atoms with Gasteiger partial charge in [-0.15, -0.1) is 0 Å². The van der Waals surface area contributed by atoms with E-state index in [-0.39, 0.29) is 0 Å². The molecule has 17 heavy (non-hydrogen) atoms. The molecule has 0 unspecified atom stereocenters. The molecular weight excluding hydrogens is 304 g/mol. The minimum atomic E-state index is 0.520. The molecule has 1 aromatic rings. The van der Waals surface area contributed by atoms with Crippen LogP contribution in [0.25, 0.3) is 0 Å². The van der Waals surface area contributed by atoms with E-state index >= 15 is 0 Å². The molecule has 94 valence electrons. The number of pyridine rings is 1. The molecule has 0 atom stereocenters. The van der Waals surface area contributed by atoms with E-state index in [4.69, 9.17) is 16.3 Å². The zero-order valence-corrected chi connectivity index (χ0v) is 12.0. The number of hydrogen-bond donors (Lipinski definition) is 0. The Hall–Kier alpha value is -0.320. The maximum absolute atomic E-state index is 6.02. The van der Waals surface area contributed by atoms with Gasteiger partial charge in [-0.05, 0) is 47.9 Å². The summed E-state index contributed by atoms with van der Waals surface area (Å²) in [4.78, 5) is 6.57. The van der Waals surface area contributed by atoms with Gasteiger partial charge in [0.1, 0.15) is 11.6 Å². The highest BCUT2D eigenvalue weighted by Crippen LogP contribution is 2.24. The molecule has 0 spiro atoms. The van der Waals surface area contributed by atoms with Crippen molar-refractivity contribution in [1.29, 1.82) is 0 Å². The molecule has 2 rings (SSSR count). The second-order valence-corrected chi connectivity index (χ2v) is 5.51. The predicted molar refractivity (Wildman–Crippen MR) is 72.7 cm³/mol. The SMILES string of the molecule is Clc1cc(Br)cnc1OCCN1CCCCC1. The lowest BCUT2D eigenvalue weighted by Gasteiger charge is -2.26. The summed E-state index contributed by atoms with van der Waals surface area (Å²) in [6.07, 6.45) is 5.66. The van der Waals surface area contributed by atoms with E-state index in [0.29, 0.717) is 17.5 Å². The van der Waals surface area contributed by atoms with Crippen LogP contribution in [-0.4, -0.2) is 36.1 Å². The summed E-state index contributed by atoms with van der Waals surface area (Å²) in [6, 6.07) is 1.80. The maximum atomic E-state index is 6.02. The first-order chi connectivity index (χ1) is 8.25. The van der Waals surface area contributed by atoms with E-state index in [0.717, 1.165) is 11.0 Å². The van der Waals surface area contributed by atoms with Crippen molar-refractivity contribution in [3.8, 4) is 5.88 Å². The Morgan fingerprint density at radius 1 is 1.35 bits per heavy atom. The highest BCUT2D eigenvalue weighted by molar-refractivity contribution is 9.10. The number of likely N-dealkylation sites (tertiary alicyclic amines) is 1. The van der Waals surface area contributed by atoms with Crippen molar-refractivity contribution in [2.75, 3.05) is 26.2 Å². The molecule has 5 heteroatoms. The van der Waals surface area contributed by atoms with Crippen molar-refractivity contribution in [2.45, 2.75) is 19.3 Å². The molecule has 0 bridgehead atoms. The Morgan fingerprint density at radius 2 is 2.12 bits per heavy atom. The lowest BCUT2D eigenvalue weighted by Crippen LogP contribution is -2.33. The highest BCUT2D eigenvalue weighted by Gasteiger charge is 2.10. The fraction of sp³-hybridized carbons (Fsp3) is 0.583. The molecule has 0 aliphatic carbocycles. The van der Waals surface area contributed by atoms with Crippen LogP contribution in [0.3, 0.4) is 0 Å². The van der Waals surface area contributed by atoms with Crippen LogP contribution in [0, 0.1) is 0 Å². The van der Waals surface area contributed by atoms with Gasteiger partial charge >= 0.3 is 0 Å². The van der Waals surface area contributed by atoms with E-state index in [9.17, 15) is 0 Å². The predicted octanol–water partition coefficient (Wildman–Crippen LogP) is 3.36. The molecule has 0 saturated carbocycles. The van der Waals surface area contributed by atoms with Gasteiger partial charge in [-0.1, -0.05) is 18.0 Å². The third-order valence-electron chi connectivity index (χ3n) is 2.87. The van der Waals surface area contributed by atoms with Crippen LogP contribution in [0.2, 0.25) is 5.02 Å². The number of ether oxygens (including phenoxy) is 1. The third kappa shape index (κ3) is 4.12. The molecule has 0 aromatic carbocycles. The van der Waals surface area contributed by atoms with Crippen LogP contribution in [-0.2, 0) is 0 Å². The van der Waals surface area contributed by atoms with Crippen molar-refractivity contribution in [3.63, 3.8) is 0 Å². The average molecular weight is 320 g/mol. The smallest absolute Gasteiger partial charge is 0.232 e. The molecule has 1 saturated heterocycles. The van der Waals surface area contributed by atoms with Gasteiger partial charge in [-0.3, -0.25) is 4.90 Å². The van der Waals surface area contributed by atoms with E-state index in [1.165, 1.54) is 32.4 Å². The summed E-state index contributed by atoms with van der Waals surface area (Å²) in [5.41, 5.74) is 0. The molecule has 1 aliphatic heterocycles. The first-order valence-electron chi connectivity index (χ1n) is 5.92. The van der Waals surface area contributed by atoms with Crippen molar-refractivity contribution < 1.29 is 4.74 Å².